The number of hydrogen-bond donors (Lipinski definition) is 1. The highest BCUT2D eigenvalue weighted by Crippen LogP contribution is 2.29. The Labute approximate surface area is 104 Å². The highest BCUT2D eigenvalue weighted by Gasteiger charge is 2.26. The Hall–Kier alpha value is -0.830. The molecule has 2 rings (SSSR count). The quantitative estimate of drug-likeness (QED) is 0.872. The molecule has 0 amide bonds. The van der Waals surface area contributed by atoms with Crippen LogP contribution in [0.4, 0.5) is 0 Å². The summed E-state index contributed by atoms with van der Waals surface area (Å²) in [5.41, 5.74) is 0.352. The van der Waals surface area contributed by atoms with Crippen LogP contribution in [0.15, 0.2) is 12.3 Å². The van der Waals surface area contributed by atoms with Gasteiger partial charge in [0.05, 0.1) is 17.3 Å². The minimum Gasteiger partial charge on any atom is -0.390 e. The third-order valence-electron chi connectivity index (χ3n) is 4.15. The monoisotopic (exact) mass is 236 g/mol. The summed E-state index contributed by atoms with van der Waals surface area (Å²) >= 11 is 0. The zero-order valence-electron chi connectivity index (χ0n) is 11.2. The molecule has 96 valence electrons. The van der Waals surface area contributed by atoms with E-state index in [4.69, 9.17) is 0 Å². The van der Waals surface area contributed by atoms with Crippen molar-refractivity contribution in [2.45, 2.75) is 64.5 Å². The topological polar surface area (TPSA) is 38.0 Å². The first-order chi connectivity index (χ1) is 7.99. The minimum atomic E-state index is -0.658. The van der Waals surface area contributed by atoms with Crippen LogP contribution < -0.4 is 0 Å². The second-order valence-corrected chi connectivity index (χ2v) is 5.91. The summed E-state index contributed by atoms with van der Waals surface area (Å²) in [7, 11) is 0. The highest BCUT2D eigenvalue weighted by molar-refractivity contribution is 5.04. The van der Waals surface area contributed by atoms with Crippen LogP contribution in [0.25, 0.3) is 0 Å². The molecule has 0 aliphatic heterocycles. The predicted octanol–water partition coefficient (Wildman–Crippen LogP) is 2.95. The first kappa shape index (κ1) is 12.6. The van der Waals surface area contributed by atoms with E-state index in [0.29, 0.717) is 12.5 Å². The van der Waals surface area contributed by atoms with Gasteiger partial charge in [-0.25, -0.2) is 0 Å². The molecule has 1 fully saturated rings. The molecule has 1 atom stereocenters. The molecule has 1 aromatic heterocycles. The van der Waals surface area contributed by atoms with Crippen molar-refractivity contribution in [1.82, 2.24) is 9.78 Å². The summed E-state index contributed by atoms with van der Waals surface area (Å²) in [5.74, 6) is 0.249. The molecule has 0 aromatic carbocycles. The fourth-order valence-electron chi connectivity index (χ4n) is 2.41. The Kier molecular flexibility index (Phi) is 3.57. The van der Waals surface area contributed by atoms with Gasteiger partial charge < -0.3 is 5.11 Å². The SMILES string of the molecule is CC(C)C(C)(O)Cc1ccn(C2CCCC2)n1. The van der Waals surface area contributed by atoms with Gasteiger partial charge in [-0.3, -0.25) is 4.68 Å². The third-order valence-corrected chi connectivity index (χ3v) is 4.15. The first-order valence-corrected chi connectivity index (χ1v) is 6.75. The molecular formula is C14H24N2O. The van der Waals surface area contributed by atoms with Crippen LogP contribution in [-0.4, -0.2) is 20.5 Å². The molecule has 1 aliphatic rings. The second-order valence-electron chi connectivity index (χ2n) is 5.91. The molecule has 1 aliphatic carbocycles. The van der Waals surface area contributed by atoms with Crippen LogP contribution in [0, 0.1) is 5.92 Å². The summed E-state index contributed by atoms with van der Waals surface area (Å²) in [4.78, 5) is 0. The average molecular weight is 236 g/mol. The van der Waals surface area contributed by atoms with Crippen molar-refractivity contribution < 1.29 is 5.11 Å². The third kappa shape index (κ3) is 2.89. The normalized spacial score (nSPS) is 21.0. The van der Waals surface area contributed by atoms with E-state index in [1.807, 2.05) is 20.8 Å². The Balaban J connectivity index is 2.03. The summed E-state index contributed by atoms with van der Waals surface area (Å²) in [5, 5.41) is 14.9. The van der Waals surface area contributed by atoms with Crippen molar-refractivity contribution in [3.63, 3.8) is 0 Å². The Morgan fingerprint density at radius 3 is 2.71 bits per heavy atom. The smallest absolute Gasteiger partial charge is 0.0698 e. The maximum Gasteiger partial charge on any atom is 0.0698 e. The van der Waals surface area contributed by atoms with E-state index >= 15 is 0 Å². The average Bonchev–Trinajstić information content (AvgIpc) is 2.85. The van der Waals surface area contributed by atoms with E-state index in [1.54, 1.807) is 0 Å². The zero-order valence-corrected chi connectivity index (χ0v) is 11.2. The van der Waals surface area contributed by atoms with E-state index in [2.05, 4.69) is 22.0 Å². The van der Waals surface area contributed by atoms with Gasteiger partial charge in [0.2, 0.25) is 0 Å². The van der Waals surface area contributed by atoms with Gasteiger partial charge in [0.15, 0.2) is 0 Å². The molecule has 1 aromatic rings. The highest BCUT2D eigenvalue weighted by atomic mass is 16.3. The van der Waals surface area contributed by atoms with Crippen molar-refractivity contribution in [3.05, 3.63) is 18.0 Å². The van der Waals surface area contributed by atoms with Crippen molar-refractivity contribution in [2.75, 3.05) is 0 Å². The summed E-state index contributed by atoms with van der Waals surface area (Å²) in [6.45, 7) is 5.99. The van der Waals surface area contributed by atoms with E-state index in [0.717, 1.165) is 5.69 Å². The summed E-state index contributed by atoms with van der Waals surface area (Å²) in [6, 6.07) is 2.64. The van der Waals surface area contributed by atoms with Crippen molar-refractivity contribution in [2.24, 2.45) is 5.92 Å². The molecule has 1 heterocycles. The van der Waals surface area contributed by atoms with Crippen LogP contribution in [0.2, 0.25) is 0 Å². The van der Waals surface area contributed by atoms with Gasteiger partial charge in [0.1, 0.15) is 0 Å². The lowest BCUT2D eigenvalue weighted by Gasteiger charge is -2.26. The van der Waals surface area contributed by atoms with Gasteiger partial charge in [0.25, 0.3) is 0 Å². The standard InChI is InChI=1S/C14H24N2O/c1-11(2)14(3,17)10-12-8-9-16(15-12)13-6-4-5-7-13/h8-9,11,13,17H,4-7,10H2,1-3H3. The zero-order chi connectivity index (χ0) is 12.5. The lowest BCUT2D eigenvalue weighted by Crippen LogP contribution is -2.33. The van der Waals surface area contributed by atoms with Gasteiger partial charge in [-0.1, -0.05) is 26.7 Å². The van der Waals surface area contributed by atoms with Gasteiger partial charge in [-0.15, -0.1) is 0 Å². The number of hydrogen-bond acceptors (Lipinski definition) is 2. The lowest BCUT2D eigenvalue weighted by molar-refractivity contribution is 0.0129. The van der Waals surface area contributed by atoms with Crippen molar-refractivity contribution in [3.8, 4) is 0 Å². The molecule has 3 nitrogen and oxygen atoms in total. The van der Waals surface area contributed by atoms with Crippen LogP contribution in [0.5, 0.6) is 0 Å². The van der Waals surface area contributed by atoms with Crippen LogP contribution >= 0.6 is 0 Å². The molecule has 0 radical (unpaired) electrons. The molecule has 1 saturated carbocycles. The molecule has 1 unspecified atom stereocenters. The van der Waals surface area contributed by atoms with E-state index in [-0.39, 0.29) is 5.92 Å². The van der Waals surface area contributed by atoms with Gasteiger partial charge in [-0.05, 0) is 31.7 Å². The fraction of sp³-hybridized carbons (Fsp3) is 0.786. The number of rotatable bonds is 4. The Morgan fingerprint density at radius 2 is 2.12 bits per heavy atom. The van der Waals surface area contributed by atoms with E-state index in [1.165, 1.54) is 25.7 Å². The van der Waals surface area contributed by atoms with Gasteiger partial charge in [-0.2, -0.15) is 5.10 Å². The molecule has 17 heavy (non-hydrogen) atoms. The lowest BCUT2D eigenvalue weighted by atomic mass is 9.88. The fourth-order valence-corrected chi connectivity index (χ4v) is 2.41. The molecule has 3 heteroatoms. The number of aromatic nitrogens is 2. The van der Waals surface area contributed by atoms with Crippen molar-refractivity contribution in [1.29, 1.82) is 0 Å². The molecule has 1 N–H and O–H groups in total. The molecule has 0 saturated heterocycles. The largest absolute Gasteiger partial charge is 0.390 e. The summed E-state index contributed by atoms with van der Waals surface area (Å²) in [6.07, 6.45) is 7.86. The Bertz CT molecular complexity index is 362. The second kappa shape index (κ2) is 4.81. The molecule has 0 bridgehead atoms. The van der Waals surface area contributed by atoms with Crippen LogP contribution in [0.1, 0.15) is 58.2 Å². The van der Waals surface area contributed by atoms with Crippen molar-refractivity contribution >= 4 is 0 Å². The predicted molar refractivity (Wildman–Crippen MR) is 68.9 cm³/mol. The minimum absolute atomic E-state index is 0.249. The van der Waals surface area contributed by atoms with Crippen LogP contribution in [-0.2, 0) is 6.42 Å². The van der Waals surface area contributed by atoms with Gasteiger partial charge in [0, 0.05) is 12.6 Å². The number of nitrogens with zero attached hydrogens (tertiary/aromatic N) is 2. The first-order valence-electron chi connectivity index (χ1n) is 6.75. The van der Waals surface area contributed by atoms with Crippen LogP contribution in [0.3, 0.4) is 0 Å². The Morgan fingerprint density at radius 1 is 1.47 bits per heavy atom. The van der Waals surface area contributed by atoms with Gasteiger partial charge >= 0.3 is 0 Å². The maximum absolute atomic E-state index is 10.3. The van der Waals surface area contributed by atoms with E-state index in [9.17, 15) is 5.11 Å². The van der Waals surface area contributed by atoms with E-state index < -0.39 is 5.60 Å². The maximum atomic E-state index is 10.3. The number of aliphatic hydroxyl groups is 1. The molecule has 0 spiro atoms. The summed E-state index contributed by atoms with van der Waals surface area (Å²) < 4.78 is 2.10. The molecular weight excluding hydrogens is 212 g/mol.